The molecule has 0 bridgehead atoms. The quantitative estimate of drug-likeness (QED) is 0.636. The van der Waals surface area contributed by atoms with Crippen LogP contribution in [0.25, 0.3) is 0 Å². The van der Waals surface area contributed by atoms with Crippen molar-refractivity contribution in [3.8, 4) is 0 Å². The van der Waals surface area contributed by atoms with Crippen LogP contribution in [0.3, 0.4) is 0 Å². The first-order valence-electron chi connectivity index (χ1n) is 7.05. The van der Waals surface area contributed by atoms with E-state index in [1.165, 1.54) is 0 Å². The maximum absolute atomic E-state index is 5.49. The van der Waals surface area contributed by atoms with Gasteiger partial charge in [-0.25, -0.2) is 0 Å². The largest absolute Gasteiger partial charge is 0.381 e. The minimum Gasteiger partial charge on any atom is -0.381 e. The molecule has 2 rings (SSSR count). The average Bonchev–Trinajstić information content (AvgIpc) is 3.07. The summed E-state index contributed by atoms with van der Waals surface area (Å²) in [5, 5.41) is 7.13. The molecule has 7 heteroatoms. The van der Waals surface area contributed by atoms with E-state index in [1.54, 1.807) is 14.0 Å². The van der Waals surface area contributed by atoms with E-state index in [1.807, 2.05) is 6.92 Å². The van der Waals surface area contributed by atoms with Gasteiger partial charge < -0.3 is 19.5 Å². The summed E-state index contributed by atoms with van der Waals surface area (Å²) in [4.78, 5) is 10.7. The predicted octanol–water partition coefficient (Wildman–Crippen LogP) is 0.812. The molecule has 112 valence electrons. The van der Waals surface area contributed by atoms with Crippen LogP contribution in [0.15, 0.2) is 9.52 Å². The summed E-state index contributed by atoms with van der Waals surface area (Å²) >= 11 is 0. The van der Waals surface area contributed by atoms with Crippen molar-refractivity contribution < 1.29 is 9.26 Å². The van der Waals surface area contributed by atoms with E-state index in [4.69, 9.17) is 9.26 Å². The van der Waals surface area contributed by atoms with Crippen LogP contribution < -0.4 is 5.32 Å². The number of ether oxygens (including phenoxy) is 1. The minimum atomic E-state index is 0.524. The van der Waals surface area contributed by atoms with Gasteiger partial charge in [0.2, 0.25) is 5.89 Å². The van der Waals surface area contributed by atoms with Gasteiger partial charge in [-0.05, 0) is 13.3 Å². The Morgan fingerprint density at radius 2 is 2.45 bits per heavy atom. The molecule has 0 amide bonds. The summed E-state index contributed by atoms with van der Waals surface area (Å²) in [6, 6.07) is 0. The summed E-state index contributed by atoms with van der Waals surface area (Å²) in [5.74, 6) is 2.69. The maximum Gasteiger partial charge on any atom is 0.223 e. The second kappa shape index (κ2) is 7.23. The van der Waals surface area contributed by atoms with Crippen LogP contribution in [0.2, 0.25) is 0 Å². The molecular weight excluding hydrogens is 258 g/mol. The second-order valence-corrected chi connectivity index (χ2v) is 4.89. The molecule has 1 N–H and O–H groups in total. The van der Waals surface area contributed by atoms with Crippen molar-refractivity contribution in [2.24, 2.45) is 10.9 Å². The molecule has 1 atom stereocenters. The number of hydrogen-bond acceptors (Lipinski definition) is 5. The summed E-state index contributed by atoms with van der Waals surface area (Å²) in [6.45, 7) is 7.92. The standard InChI is InChI=1S/C13H23N5O2/c1-4-19-9-11-5-6-18(8-11)13(14-3)15-7-12-16-10(2)20-17-12/h11H,4-9H2,1-3H3,(H,14,15). The zero-order valence-corrected chi connectivity index (χ0v) is 12.4. The van der Waals surface area contributed by atoms with E-state index in [-0.39, 0.29) is 0 Å². The monoisotopic (exact) mass is 281 g/mol. The number of aliphatic imine (C=N–C) groups is 1. The van der Waals surface area contributed by atoms with Gasteiger partial charge in [0.05, 0.1) is 13.2 Å². The highest BCUT2D eigenvalue weighted by molar-refractivity contribution is 5.80. The van der Waals surface area contributed by atoms with Crippen LogP contribution in [0.4, 0.5) is 0 Å². The van der Waals surface area contributed by atoms with Gasteiger partial charge in [0.1, 0.15) is 0 Å². The maximum atomic E-state index is 5.49. The van der Waals surface area contributed by atoms with Gasteiger partial charge >= 0.3 is 0 Å². The highest BCUT2D eigenvalue weighted by Gasteiger charge is 2.24. The lowest BCUT2D eigenvalue weighted by molar-refractivity contribution is 0.114. The van der Waals surface area contributed by atoms with Gasteiger partial charge in [-0.2, -0.15) is 4.98 Å². The van der Waals surface area contributed by atoms with Crippen molar-refractivity contribution in [2.75, 3.05) is 33.4 Å². The lowest BCUT2D eigenvalue weighted by Gasteiger charge is -2.21. The summed E-state index contributed by atoms with van der Waals surface area (Å²) in [7, 11) is 1.79. The Bertz CT molecular complexity index is 446. The number of nitrogens with one attached hydrogen (secondary N) is 1. The number of hydrogen-bond donors (Lipinski definition) is 1. The van der Waals surface area contributed by atoms with Crippen molar-refractivity contribution in [1.29, 1.82) is 0 Å². The van der Waals surface area contributed by atoms with Gasteiger partial charge in [-0.1, -0.05) is 5.16 Å². The van der Waals surface area contributed by atoms with Crippen molar-refractivity contribution >= 4 is 5.96 Å². The molecule has 1 unspecified atom stereocenters. The first-order chi connectivity index (χ1) is 9.72. The van der Waals surface area contributed by atoms with Gasteiger partial charge in [-0.15, -0.1) is 0 Å². The highest BCUT2D eigenvalue weighted by atomic mass is 16.5. The molecule has 1 aliphatic rings. The third-order valence-corrected chi connectivity index (χ3v) is 3.33. The van der Waals surface area contributed by atoms with Crippen LogP contribution >= 0.6 is 0 Å². The first kappa shape index (κ1) is 14.8. The van der Waals surface area contributed by atoms with Crippen LogP contribution in [-0.4, -0.2) is 54.4 Å². The zero-order chi connectivity index (χ0) is 14.4. The Kier molecular flexibility index (Phi) is 5.34. The summed E-state index contributed by atoms with van der Waals surface area (Å²) in [5.41, 5.74) is 0. The Hall–Kier alpha value is -1.63. The zero-order valence-electron chi connectivity index (χ0n) is 12.4. The predicted molar refractivity (Wildman–Crippen MR) is 75.4 cm³/mol. The summed E-state index contributed by atoms with van der Waals surface area (Å²) in [6.07, 6.45) is 1.14. The Morgan fingerprint density at radius 1 is 1.60 bits per heavy atom. The Morgan fingerprint density at radius 3 is 3.10 bits per heavy atom. The van der Waals surface area contributed by atoms with Crippen molar-refractivity contribution in [3.63, 3.8) is 0 Å². The average molecular weight is 281 g/mol. The molecule has 0 aliphatic carbocycles. The number of rotatable bonds is 5. The molecule has 0 aromatic carbocycles. The fourth-order valence-electron chi connectivity index (χ4n) is 2.35. The van der Waals surface area contributed by atoms with Gasteiger partial charge in [0, 0.05) is 39.6 Å². The topological polar surface area (TPSA) is 75.8 Å². The molecule has 1 aromatic heterocycles. The van der Waals surface area contributed by atoms with Crippen molar-refractivity contribution in [1.82, 2.24) is 20.4 Å². The molecule has 0 saturated carbocycles. The second-order valence-electron chi connectivity index (χ2n) is 4.89. The van der Waals surface area contributed by atoms with Gasteiger partial charge in [0.25, 0.3) is 0 Å². The fourth-order valence-corrected chi connectivity index (χ4v) is 2.35. The molecule has 1 aromatic rings. The van der Waals surface area contributed by atoms with Crippen LogP contribution in [0.1, 0.15) is 25.1 Å². The molecule has 7 nitrogen and oxygen atoms in total. The van der Waals surface area contributed by atoms with Crippen molar-refractivity contribution in [3.05, 3.63) is 11.7 Å². The normalized spacial score (nSPS) is 19.6. The third kappa shape index (κ3) is 3.93. The molecule has 20 heavy (non-hydrogen) atoms. The van der Waals surface area contributed by atoms with E-state index >= 15 is 0 Å². The summed E-state index contributed by atoms with van der Waals surface area (Å²) < 4.78 is 10.4. The van der Waals surface area contributed by atoms with Crippen LogP contribution in [0, 0.1) is 12.8 Å². The molecule has 1 saturated heterocycles. The lowest BCUT2D eigenvalue weighted by atomic mass is 10.1. The smallest absolute Gasteiger partial charge is 0.223 e. The van der Waals surface area contributed by atoms with Crippen molar-refractivity contribution in [2.45, 2.75) is 26.8 Å². The van der Waals surface area contributed by atoms with Gasteiger partial charge in [0.15, 0.2) is 11.8 Å². The van der Waals surface area contributed by atoms with Crippen LogP contribution in [-0.2, 0) is 11.3 Å². The fraction of sp³-hybridized carbons (Fsp3) is 0.769. The number of aryl methyl sites for hydroxylation is 1. The van der Waals surface area contributed by atoms with Gasteiger partial charge in [-0.3, -0.25) is 4.99 Å². The number of guanidine groups is 1. The molecule has 1 fully saturated rings. The lowest BCUT2D eigenvalue weighted by Crippen LogP contribution is -2.40. The number of nitrogens with zero attached hydrogens (tertiary/aromatic N) is 4. The molecule has 0 radical (unpaired) electrons. The van der Waals surface area contributed by atoms with E-state index < -0.39 is 0 Å². The molecule has 1 aliphatic heterocycles. The minimum absolute atomic E-state index is 0.524. The highest BCUT2D eigenvalue weighted by Crippen LogP contribution is 2.16. The first-order valence-corrected chi connectivity index (χ1v) is 7.05. The van der Waals surface area contributed by atoms with E-state index in [0.717, 1.165) is 38.7 Å². The van der Waals surface area contributed by atoms with E-state index in [2.05, 4.69) is 25.3 Å². The van der Waals surface area contributed by atoms with Crippen LogP contribution in [0.5, 0.6) is 0 Å². The Labute approximate surface area is 119 Å². The Balaban J connectivity index is 1.80. The third-order valence-electron chi connectivity index (χ3n) is 3.33. The SMILES string of the molecule is CCOCC1CCN(C(=NC)NCc2noc(C)n2)C1. The van der Waals surface area contributed by atoms with E-state index in [0.29, 0.717) is 24.2 Å². The molecule has 2 heterocycles. The van der Waals surface area contributed by atoms with E-state index in [9.17, 15) is 0 Å². The molecule has 0 spiro atoms. The number of likely N-dealkylation sites (tertiary alicyclic amines) is 1. The molecular formula is C13H23N5O2. The number of aromatic nitrogens is 2.